The largest absolute Gasteiger partial charge is 0.496 e. The van der Waals surface area contributed by atoms with Gasteiger partial charge >= 0.3 is 0 Å². The van der Waals surface area contributed by atoms with Gasteiger partial charge in [0.05, 0.1) is 17.6 Å². The summed E-state index contributed by atoms with van der Waals surface area (Å²) in [4.78, 5) is 0.184. The van der Waals surface area contributed by atoms with Crippen molar-refractivity contribution in [1.29, 1.82) is 0 Å². The first kappa shape index (κ1) is 19.4. The quantitative estimate of drug-likeness (QED) is 0.795. The Morgan fingerprint density at radius 3 is 2.52 bits per heavy atom. The lowest BCUT2D eigenvalue weighted by atomic mass is 9.92. The van der Waals surface area contributed by atoms with E-state index in [9.17, 15) is 12.8 Å². The van der Waals surface area contributed by atoms with Crippen LogP contribution in [0.2, 0.25) is 0 Å². The Labute approximate surface area is 149 Å². The smallest absolute Gasteiger partial charge is 0.240 e. The molecule has 0 amide bonds. The van der Waals surface area contributed by atoms with E-state index in [1.54, 1.807) is 24.3 Å². The molecule has 4 nitrogen and oxygen atoms in total. The molecule has 0 bridgehead atoms. The maximum Gasteiger partial charge on any atom is 0.240 e. The zero-order valence-corrected chi connectivity index (χ0v) is 15.8. The molecule has 0 aromatic heterocycles. The van der Waals surface area contributed by atoms with E-state index < -0.39 is 15.8 Å². The van der Waals surface area contributed by atoms with Crippen LogP contribution in [-0.2, 0) is 10.0 Å². The van der Waals surface area contributed by atoms with E-state index in [-0.39, 0.29) is 10.8 Å². The third-order valence-corrected chi connectivity index (χ3v) is 5.42. The minimum atomic E-state index is -3.58. The Hall–Kier alpha value is -1.92. The van der Waals surface area contributed by atoms with E-state index in [0.29, 0.717) is 29.8 Å². The summed E-state index contributed by atoms with van der Waals surface area (Å²) in [6, 6.07) is 9.41. The number of ether oxygens (including phenoxy) is 1. The van der Waals surface area contributed by atoms with Gasteiger partial charge in [-0.15, -0.1) is 0 Å². The first-order valence-corrected chi connectivity index (χ1v) is 9.76. The van der Waals surface area contributed by atoms with E-state index >= 15 is 0 Å². The lowest BCUT2D eigenvalue weighted by molar-refractivity contribution is 0.413. The summed E-state index contributed by atoms with van der Waals surface area (Å²) in [5.41, 5.74) is 1.74. The molecular weight excluding hydrogens is 341 g/mol. The molecule has 0 atom stereocenters. The fourth-order valence-corrected chi connectivity index (χ4v) is 3.84. The second-order valence-electron chi connectivity index (χ2n) is 6.12. The number of rotatable bonds is 7. The molecule has 2 aromatic carbocycles. The van der Waals surface area contributed by atoms with Gasteiger partial charge in [0.1, 0.15) is 11.6 Å². The molecule has 2 rings (SSSR count). The topological polar surface area (TPSA) is 55.4 Å². The number of methoxy groups -OCH3 is 1. The van der Waals surface area contributed by atoms with Crippen LogP contribution in [0.15, 0.2) is 41.3 Å². The van der Waals surface area contributed by atoms with Crippen LogP contribution in [0.5, 0.6) is 5.75 Å². The van der Waals surface area contributed by atoms with E-state index in [0.717, 1.165) is 5.56 Å². The first-order valence-electron chi connectivity index (χ1n) is 8.28. The molecule has 0 radical (unpaired) electrons. The van der Waals surface area contributed by atoms with Gasteiger partial charge in [-0.25, -0.2) is 17.5 Å². The van der Waals surface area contributed by atoms with Crippen LogP contribution in [0.3, 0.4) is 0 Å². The van der Waals surface area contributed by atoms with Crippen LogP contribution in [-0.4, -0.2) is 22.1 Å². The van der Waals surface area contributed by atoms with Crippen molar-refractivity contribution in [3.63, 3.8) is 0 Å². The van der Waals surface area contributed by atoms with Gasteiger partial charge < -0.3 is 4.74 Å². The highest BCUT2D eigenvalue weighted by atomic mass is 32.2. The average Bonchev–Trinajstić information content (AvgIpc) is 2.59. The molecule has 136 valence electrons. The fourth-order valence-electron chi connectivity index (χ4n) is 2.67. The summed E-state index contributed by atoms with van der Waals surface area (Å²) in [7, 11) is -2.09. The molecule has 0 saturated carbocycles. The van der Waals surface area contributed by atoms with Crippen LogP contribution in [0.1, 0.15) is 38.7 Å². The predicted octanol–water partition coefficient (Wildman–Crippen LogP) is 4.31. The lowest BCUT2D eigenvalue weighted by Crippen LogP contribution is -2.24. The molecule has 0 saturated heterocycles. The third kappa shape index (κ3) is 4.19. The van der Waals surface area contributed by atoms with E-state index in [4.69, 9.17) is 4.74 Å². The number of sulfonamides is 1. The number of hydrogen-bond acceptors (Lipinski definition) is 3. The van der Waals surface area contributed by atoms with Crippen molar-refractivity contribution in [3.05, 3.63) is 47.8 Å². The van der Waals surface area contributed by atoms with Crippen LogP contribution < -0.4 is 9.46 Å². The van der Waals surface area contributed by atoms with Crippen molar-refractivity contribution in [2.75, 3.05) is 13.7 Å². The van der Waals surface area contributed by atoms with Crippen molar-refractivity contribution in [2.24, 2.45) is 0 Å². The second kappa shape index (κ2) is 7.97. The highest BCUT2D eigenvalue weighted by molar-refractivity contribution is 7.89. The third-order valence-electron chi connectivity index (χ3n) is 3.96. The maximum absolute atomic E-state index is 14.5. The molecule has 0 heterocycles. The predicted molar refractivity (Wildman–Crippen MR) is 98.0 cm³/mol. The minimum absolute atomic E-state index is 0.0145. The number of halogens is 1. The van der Waals surface area contributed by atoms with Gasteiger partial charge in [0, 0.05) is 6.54 Å². The number of nitrogens with one attached hydrogen (secondary N) is 1. The summed E-state index contributed by atoms with van der Waals surface area (Å²) >= 11 is 0. The van der Waals surface area contributed by atoms with Crippen molar-refractivity contribution < 1.29 is 17.5 Å². The highest BCUT2D eigenvalue weighted by Gasteiger charge is 2.21. The van der Waals surface area contributed by atoms with Crippen molar-refractivity contribution in [2.45, 2.75) is 38.0 Å². The molecule has 0 unspecified atom stereocenters. The van der Waals surface area contributed by atoms with E-state index in [1.165, 1.54) is 19.2 Å². The molecule has 2 aromatic rings. The van der Waals surface area contributed by atoms with E-state index in [1.807, 2.05) is 20.8 Å². The molecule has 6 heteroatoms. The summed E-state index contributed by atoms with van der Waals surface area (Å²) in [5.74, 6) is 0.0308. The minimum Gasteiger partial charge on any atom is -0.496 e. The number of benzene rings is 2. The van der Waals surface area contributed by atoms with Gasteiger partial charge in [-0.3, -0.25) is 0 Å². The second-order valence-corrected chi connectivity index (χ2v) is 7.89. The van der Waals surface area contributed by atoms with Crippen molar-refractivity contribution in [3.8, 4) is 16.9 Å². The molecule has 0 aliphatic rings. The van der Waals surface area contributed by atoms with Crippen LogP contribution in [0.25, 0.3) is 11.1 Å². The summed E-state index contributed by atoms with van der Waals surface area (Å²) in [5, 5.41) is 0. The Bertz CT molecular complexity index is 848. The molecule has 0 fully saturated rings. The first-order chi connectivity index (χ1) is 11.8. The van der Waals surface area contributed by atoms with Crippen LogP contribution >= 0.6 is 0 Å². The summed E-state index contributed by atoms with van der Waals surface area (Å²) < 4.78 is 47.1. The molecule has 1 N–H and O–H groups in total. The van der Waals surface area contributed by atoms with Crippen molar-refractivity contribution >= 4 is 10.0 Å². The average molecular weight is 365 g/mol. The highest BCUT2D eigenvalue weighted by Crippen LogP contribution is 2.38. The number of hydrogen-bond donors (Lipinski definition) is 1. The SMILES string of the molecule is CCCNS(=O)(=O)c1ccc(-c2c(F)cccc2OC)c(C(C)C)c1. The Kier molecular flexibility index (Phi) is 6.19. The van der Waals surface area contributed by atoms with Gasteiger partial charge in [-0.05, 0) is 47.7 Å². The van der Waals surface area contributed by atoms with Gasteiger partial charge in [-0.1, -0.05) is 32.9 Å². The van der Waals surface area contributed by atoms with Crippen LogP contribution in [0, 0.1) is 5.82 Å². The molecule has 0 spiro atoms. The van der Waals surface area contributed by atoms with Gasteiger partial charge in [-0.2, -0.15) is 0 Å². The zero-order chi connectivity index (χ0) is 18.6. The standard InChI is InChI=1S/C19H24FNO3S/c1-5-11-21-25(22,23)14-9-10-15(16(12-14)13(2)3)19-17(20)7-6-8-18(19)24-4/h6-10,12-13,21H,5,11H2,1-4H3. The van der Waals surface area contributed by atoms with Gasteiger partial charge in [0.15, 0.2) is 0 Å². The maximum atomic E-state index is 14.5. The Balaban J connectivity index is 2.63. The van der Waals surface area contributed by atoms with E-state index in [2.05, 4.69) is 4.72 Å². The lowest BCUT2D eigenvalue weighted by Gasteiger charge is -2.18. The van der Waals surface area contributed by atoms with Gasteiger partial charge in [0.25, 0.3) is 0 Å². The molecule has 25 heavy (non-hydrogen) atoms. The fraction of sp³-hybridized carbons (Fsp3) is 0.368. The normalized spacial score (nSPS) is 11.8. The van der Waals surface area contributed by atoms with Crippen molar-refractivity contribution in [1.82, 2.24) is 4.72 Å². The Morgan fingerprint density at radius 1 is 1.20 bits per heavy atom. The Morgan fingerprint density at radius 2 is 1.92 bits per heavy atom. The monoisotopic (exact) mass is 365 g/mol. The zero-order valence-electron chi connectivity index (χ0n) is 15.0. The summed E-state index contributed by atoms with van der Waals surface area (Å²) in [6.07, 6.45) is 0.709. The van der Waals surface area contributed by atoms with Crippen LogP contribution in [0.4, 0.5) is 4.39 Å². The molecular formula is C19H24FNO3S. The van der Waals surface area contributed by atoms with Gasteiger partial charge in [0.2, 0.25) is 10.0 Å². The summed E-state index contributed by atoms with van der Waals surface area (Å²) in [6.45, 7) is 6.17. The molecule has 0 aliphatic heterocycles. The molecule has 0 aliphatic carbocycles.